The van der Waals surface area contributed by atoms with Crippen LogP contribution in [0.1, 0.15) is 18.9 Å². The van der Waals surface area contributed by atoms with Gasteiger partial charge in [0.05, 0.1) is 0 Å². The second kappa shape index (κ2) is 2.42. The Morgan fingerprint density at radius 3 is 2.62 bits per heavy atom. The van der Waals surface area contributed by atoms with Crippen LogP contribution in [0.2, 0.25) is 0 Å². The summed E-state index contributed by atoms with van der Waals surface area (Å²) < 4.78 is 23.0. The number of nitrogens with two attached hydrogens (primary N) is 1. The highest BCUT2D eigenvalue weighted by Gasteiger charge is 2.31. The molecule has 8 heteroatoms. The molecule has 1 aromatic heterocycles. The van der Waals surface area contributed by atoms with E-state index in [2.05, 4.69) is 10.2 Å². The van der Waals surface area contributed by atoms with Crippen molar-refractivity contribution in [3.63, 3.8) is 0 Å². The molecule has 0 spiro atoms. The van der Waals surface area contributed by atoms with Gasteiger partial charge in [0.15, 0.2) is 0 Å². The summed E-state index contributed by atoms with van der Waals surface area (Å²) in [5, 5.41) is 9.92. The maximum atomic E-state index is 11.1. The SMILES string of the molecule is NS(=O)(=O)c1n[nH]c(=O)n1C1CC1. The van der Waals surface area contributed by atoms with Crippen molar-refractivity contribution in [2.75, 3.05) is 0 Å². The molecule has 1 aliphatic carbocycles. The summed E-state index contributed by atoms with van der Waals surface area (Å²) in [6.07, 6.45) is 1.59. The molecule has 0 saturated heterocycles. The van der Waals surface area contributed by atoms with E-state index in [9.17, 15) is 13.2 Å². The predicted molar refractivity (Wildman–Crippen MR) is 42.5 cm³/mol. The summed E-state index contributed by atoms with van der Waals surface area (Å²) in [5.41, 5.74) is -0.522. The van der Waals surface area contributed by atoms with Crippen LogP contribution in [0, 0.1) is 0 Å². The molecule has 1 aromatic rings. The van der Waals surface area contributed by atoms with Crippen molar-refractivity contribution >= 4 is 10.0 Å². The number of sulfonamides is 1. The first-order valence-electron chi connectivity index (χ1n) is 3.70. The molecule has 0 radical (unpaired) electrons. The molecular formula is C5H8N4O3S. The fourth-order valence-corrected chi connectivity index (χ4v) is 1.82. The molecule has 0 aromatic carbocycles. The number of aromatic amines is 1. The molecule has 1 fully saturated rings. The summed E-state index contributed by atoms with van der Waals surface area (Å²) >= 11 is 0. The van der Waals surface area contributed by atoms with Crippen molar-refractivity contribution in [2.45, 2.75) is 24.0 Å². The van der Waals surface area contributed by atoms with Crippen LogP contribution in [0.25, 0.3) is 0 Å². The quantitative estimate of drug-likeness (QED) is 0.614. The first kappa shape index (κ1) is 8.45. The van der Waals surface area contributed by atoms with Gasteiger partial charge in [0.2, 0.25) is 0 Å². The van der Waals surface area contributed by atoms with Gasteiger partial charge in [0, 0.05) is 6.04 Å². The van der Waals surface area contributed by atoms with Crippen molar-refractivity contribution < 1.29 is 8.42 Å². The molecule has 1 heterocycles. The van der Waals surface area contributed by atoms with E-state index in [1.807, 2.05) is 0 Å². The van der Waals surface area contributed by atoms with Crippen LogP contribution in [0.15, 0.2) is 9.95 Å². The Hall–Kier alpha value is -1.15. The zero-order chi connectivity index (χ0) is 9.64. The van der Waals surface area contributed by atoms with Crippen LogP contribution < -0.4 is 10.8 Å². The van der Waals surface area contributed by atoms with Gasteiger partial charge in [-0.1, -0.05) is 0 Å². The minimum atomic E-state index is -3.90. The summed E-state index contributed by atoms with van der Waals surface area (Å²) in [7, 11) is -3.90. The van der Waals surface area contributed by atoms with Crippen LogP contribution in [0.4, 0.5) is 0 Å². The lowest BCUT2D eigenvalue weighted by molar-refractivity contribution is 0.562. The van der Waals surface area contributed by atoms with Gasteiger partial charge in [-0.25, -0.2) is 23.4 Å². The Labute approximate surface area is 73.6 Å². The smallest absolute Gasteiger partial charge is 0.262 e. The Kier molecular flexibility index (Phi) is 1.57. The van der Waals surface area contributed by atoms with Gasteiger partial charge >= 0.3 is 5.69 Å². The molecule has 7 nitrogen and oxygen atoms in total. The molecule has 0 bridgehead atoms. The normalized spacial score (nSPS) is 17.6. The Balaban J connectivity index is 2.65. The molecule has 0 atom stereocenters. The number of hydrogen-bond acceptors (Lipinski definition) is 4. The van der Waals surface area contributed by atoms with Crippen molar-refractivity contribution in [1.82, 2.24) is 14.8 Å². The molecule has 72 valence electrons. The Morgan fingerprint density at radius 1 is 1.54 bits per heavy atom. The van der Waals surface area contributed by atoms with Crippen molar-refractivity contribution in [1.29, 1.82) is 0 Å². The van der Waals surface area contributed by atoms with Crippen LogP contribution in [-0.2, 0) is 10.0 Å². The van der Waals surface area contributed by atoms with Crippen LogP contribution in [-0.4, -0.2) is 23.2 Å². The third-order valence-corrected chi connectivity index (χ3v) is 2.64. The van der Waals surface area contributed by atoms with E-state index in [1.165, 1.54) is 0 Å². The minimum absolute atomic E-state index is 0.0559. The van der Waals surface area contributed by atoms with Gasteiger partial charge in [-0.15, -0.1) is 5.10 Å². The monoisotopic (exact) mass is 204 g/mol. The van der Waals surface area contributed by atoms with Crippen molar-refractivity contribution in [3.05, 3.63) is 10.5 Å². The van der Waals surface area contributed by atoms with Crippen molar-refractivity contribution in [3.8, 4) is 0 Å². The third-order valence-electron chi connectivity index (χ3n) is 1.84. The third kappa shape index (κ3) is 1.38. The Morgan fingerprint density at radius 2 is 2.15 bits per heavy atom. The van der Waals surface area contributed by atoms with E-state index in [4.69, 9.17) is 5.14 Å². The fourth-order valence-electron chi connectivity index (χ4n) is 1.15. The molecule has 1 saturated carbocycles. The summed E-state index contributed by atoms with van der Waals surface area (Å²) in [6, 6.07) is -0.0559. The fraction of sp³-hybridized carbons (Fsp3) is 0.600. The van der Waals surface area contributed by atoms with E-state index < -0.39 is 15.7 Å². The standard InChI is InChI=1S/C5H8N4O3S/c6-13(11,12)5-8-7-4(10)9(5)3-1-2-3/h3H,1-2H2,(H,7,10)(H2,6,11,12). The lowest BCUT2D eigenvalue weighted by Gasteiger charge is -1.99. The van der Waals surface area contributed by atoms with E-state index in [0.717, 1.165) is 17.4 Å². The zero-order valence-corrected chi connectivity index (χ0v) is 7.41. The average molecular weight is 204 g/mol. The topological polar surface area (TPSA) is 111 Å². The van der Waals surface area contributed by atoms with E-state index in [-0.39, 0.29) is 11.2 Å². The number of nitrogens with one attached hydrogen (secondary N) is 1. The Bertz CT molecular complexity index is 480. The maximum absolute atomic E-state index is 11.1. The van der Waals surface area contributed by atoms with Crippen LogP contribution >= 0.6 is 0 Å². The second-order valence-electron chi connectivity index (χ2n) is 2.96. The molecular weight excluding hydrogens is 196 g/mol. The second-order valence-corrected chi connectivity index (χ2v) is 4.41. The number of primary sulfonamides is 1. The van der Waals surface area contributed by atoms with E-state index >= 15 is 0 Å². The number of aromatic nitrogens is 3. The lowest BCUT2D eigenvalue weighted by atomic mass is 10.7. The van der Waals surface area contributed by atoms with Crippen LogP contribution in [0.5, 0.6) is 0 Å². The largest absolute Gasteiger partial charge is 0.344 e. The van der Waals surface area contributed by atoms with Crippen molar-refractivity contribution in [2.24, 2.45) is 5.14 Å². The van der Waals surface area contributed by atoms with Gasteiger partial charge < -0.3 is 0 Å². The van der Waals surface area contributed by atoms with Gasteiger partial charge in [0.1, 0.15) is 0 Å². The maximum Gasteiger partial charge on any atom is 0.344 e. The van der Waals surface area contributed by atoms with Gasteiger partial charge in [0.25, 0.3) is 15.2 Å². The van der Waals surface area contributed by atoms with Gasteiger partial charge in [-0.2, -0.15) is 0 Å². The number of rotatable bonds is 2. The molecule has 0 amide bonds. The number of nitrogens with zero attached hydrogens (tertiary/aromatic N) is 2. The average Bonchev–Trinajstić information content (AvgIpc) is 2.73. The molecule has 0 aliphatic heterocycles. The van der Waals surface area contributed by atoms with E-state index in [1.54, 1.807) is 0 Å². The summed E-state index contributed by atoms with van der Waals surface area (Å²) in [6.45, 7) is 0. The first-order valence-corrected chi connectivity index (χ1v) is 5.24. The molecule has 13 heavy (non-hydrogen) atoms. The van der Waals surface area contributed by atoms with Gasteiger partial charge in [-0.05, 0) is 12.8 Å². The molecule has 2 rings (SSSR count). The number of hydrogen-bond donors (Lipinski definition) is 2. The predicted octanol–water partition coefficient (Wildman–Crippen LogP) is -1.45. The summed E-state index contributed by atoms with van der Waals surface area (Å²) in [4.78, 5) is 11.1. The lowest BCUT2D eigenvalue weighted by Crippen LogP contribution is -2.23. The minimum Gasteiger partial charge on any atom is -0.262 e. The van der Waals surface area contributed by atoms with E-state index in [0.29, 0.717) is 0 Å². The zero-order valence-electron chi connectivity index (χ0n) is 6.60. The van der Waals surface area contributed by atoms with Gasteiger partial charge in [-0.3, -0.25) is 4.57 Å². The van der Waals surface area contributed by atoms with Crippen LogP contribution in [0.3, 0.4) is 0 Å². The highest BCUT2D eigenvalue weighted by Crippen LogP contribution is 2.34. The molecule has 1 aliphatic rings. The summed E-state index contributed by atoms with van der Waals surface area (Å²) in [5.74, 6) is 0. The highest BCUT2D eigenvalue weighted by atomic mass is 32.2. The number of H-pyrrole nitrogens is 1. The first-order chi connectivity index (χ1) is 6.00. The molecule has 0 unspecified atom stereocenters. The molecule has 3 N–H and O–H groups in total. The highest BCUT2D eigenvalue weighted by molar-refractivity contribution is 7.89.